The van der Waals surface area contributed by atoms with E-state index in [1.54, 1.807) is 6.92 Å². The van der Waals surface area contributed by atoms with Crippen LogP contribution in [0.15, 0.2) is 18.3 Å². The molecule has 1 heterocycles. The summed E-state index contributed by atoms with van der Waals surface area (Å²) in [6.07, 6.45) is 1.29. The molecule has 2 N–H and O–H groups in total. The molecule has 0 aliphatic heterocycles. The van der Waals surface area contributed by atoms with E-state index in [2.05, 4.69) is 4.98 Å². The molecular weight excluding hydrogens is 341 g/mol. The third kappa shape index (κ3) is 3.47. The Kier molecular flexibility index (Phi) is 6.20. The summed E-state index contributed by atoms with van der Waals surface area (Å²) >= 11 is 6.10. The van der Waals surface area contributed by atoms with E-state index in [1.165, 1.54) is 18.3 Å². The minimum atomic E-state index is -0.554. The molecule has 0 saturated heterocycles. The molecule has 0 saturated carbocycles. The molecule has 0 fully saturated rings. The second kappa shape index (κ2) is 6.99. The van der Waals surface area contributed by atoms with Gasteiger partial charge in [0.15, 0.2) is 0 Å². The topological polar surface area (TPSA) is 88.3 Å². The zero-order valence-corrected chi connectivity index (χ0v) is 16.2. The molecule has 2 aromatic rings. The number of carbonyl (C=O) groups excluding carboxylic acids is 1. The van der Waals surface area contributed by atoms with E-state index in [9.17, 15) is 9.90 Å². The molecule has 94 valence electrons. The number of ether oxygens (including phenoxy) is 1. The van der Waals surface area contributed by atoms with Gasteiger partial charge in [-0.05, 0) is 19.1 Å². The number of hydrogen-bond donors (Lipinski definition) is 1. The van der Waals surface area contributed by atoms with E-state index in [4.69, 9.17) is 22.1 Å². The van der Waals surface area contributed by atoms with Gasteiger partial charge in [0.1, 0.15) is 0 Å². The van der Waals surface area contributed by atoms with Crippen molar-refractivity contribution < 1.29 is 72.8 Å². The van der Waals surface area contributed by atoms with Crippen LogP contribution in [0.5, 0.6) is 5.75 Å². The molecule has 1 aromatic carbocycles. The second-order valence-corrected chi connectivity index (χ2v) is 3.99. The fourth-order valence-corrected chi connectivity index (χ4v) is 1.83. The van der Waals surface area contributed by atoms with Crippen LogP contribution in [0, 0.1) is 0 Å². The summed E-state index contributed by atoms with van der Waals surface area (Å²) in [7, 11) is 0. The number of nitrogen functional groups attached to an aromatic ring is 1. The quantitative estimate of drug-likeness (QED) is 0.538. The van der Waals surface area contributed by atoms with Crippen LogP contribution < -0.4 is 69.0 Å². The van der Waals surface area contributed by atoms with Crippen LogP contribution in [0.3, 0.4) is 0 Å². The molecule has 0 bridgehead atoms. The summed E-state index contributed by atoms with van der Waals surface area (Å²) in [5, 5.41) is 12.0. The van der Waals surface area contributed by atoms with Crippen molar-refractivity contribution >= 4 is 34.2 Å². The van der Waals surface area contributed by atoms with Crippen molar-refractivity contribution in [3.63, 3.8) is 0 Å². The summed E-state index contributed by atoms with van der Waals surface area (Å²) in [5.41, 5.74) is 6.14. The summed E-state index contributed by atoms with van der Waals surface area (Å²) in [6.45, 7) is 1.94. The first-order valence-corrected chi connectivity index (χ1v) is 5.64. The van der Waals surface area contributed by atoms with Gasteiger partial charge in [-0.25, -0.2) is 4.79 Å². The van der Waals surface area contributed by atoms with Crippen LogP contribution in [0.2, 0.25) is 5.02 Å². The standard InChI is InChI=1S/C12H11ClN2O3.Rb/c1-2-18-12(17)7-5-15-9-4-10(16)8(14)3-6(9)11(7)13;/h3-5,16H,2,14H2,1H3;/q;+1/p-1. The molecule has 0 atom stereocenters. The van der Waals surface area contributed by atoms with E-state index in [1.807, 2.05) is 0 Å². The van der Waals surface area contributed by atoms with Crippen molar-refractivity contribution in [2.45, 2.75) is 6.92 Å². The van der Waals surface area contributed by atoms with Crippen LogP contribution >= 0.6 is 11.6 Å². The Hall–Kier alpha value is -0.205. The van der Waals surface area contributed by atoms with Crippen molar-refractivity contribution in [2.75, 3.05) is 12.3 Å². The minimum absolute atomic E-state index is 0. The van der Waals surface area contributed by atoms with Crippen molar-refractivity contribution in [2.24, 2.45) is 0 Å². The van der Waals surface area contributed by atoms with Crippen molar-refractivity contribution in [1.82, 2.24) is 4.98 Å². The molecule has 19 heavy (non-hydrogen) atoms. The number of nitrogens with zero attached hydrogens (tertiary/aromatic N) is 1. The molecule has 0 amide bonds. The van der Waals surface area contributed by atoms with E-state index in [-0.39, 0.29) is 86.8 Å². The number of aromatic nitrogens is 1. The van der Waals surface area contributed by atoms with Crippen molar-refractivity contribution in [3.05, 3.63) is 28.9 Å². The smallest absolute Gasteiger partial charge is 0.871 e. The average molecular weight is 351 g/mol. The maximum absolute atomic E-state index is 11.6. The first-order chi connectivity index (χ1) is 8.54. The summed E-state index contributed by atoms with van der Waals surface area (Å²) < 4.78 is 4.86. The van der Waals surface area contributed by atoms with Gasteiger partial charge < -0.3 is 15.6 Å². The number of halogens is 1. The fourth-order valence-electron chi connectivity index (χ4n) is 1.56. The Morgan fingerprint density at radius 1 is 1.53 bits per heavy atom. The Morgan fingerprint density at radius 3 is 2.84 bits per heavy atom. The number of rotatable bonds is 2. The Bertz CT molecular complexity index is 634. The number of nitrogens with two attached hydrogens (primary N) is 1. The van der Waals surface area contributed by atoms with E-state index >= 15 is 0 Å². The second-order valence-electron chi connectivity index (χ2n) is 3.61. The predicted octanol–water partition coefficient (Wildman–Crippen LogP) is -1.28. The number of benzene rings is 1. The number of esters is 1. The van der Waals surface area contributed by atoms with E-state index < -0.39 is 5.97 Å². The molecule has 0 aliphatic carbocycles. The zero-order chi connectivity index (χ0) is 13.3. The Labute approximate surface area is 163 Å². The SMILES string of the molecule is CCOC(=O)c1cnc2cc([O-])c(N)cc2c1Cl.[Rb+]. The van der Waals surface area contributed by atoms with Crippen LogP contribution in [0.4, 0.5) is 5.69 Å². The van der Waals surface area contributed by atoms with Gasteiger partial charge in [0.2, 0.25) is 0 Å². The van der Waals surface area contributed by atoms with Gasteiger partial charge in [-0.3, -0.25) is 4.98 Å². The Morgan fingerprint density at radius 2 is 2.21 bits per heavy atom. The molecule has 0 spiro atoms. The van der Waals surface area contributed by atoms with Gasteiger partial charge in [-0.1, -0.05) is 17.4 Å². The van der Waals surface area contributed by atoms with Gasteiger partial charge in [-0.15, -0.1) is 0 Å². The van der Waals surface area contributed by atoms with Crippen LogP contribution in [-0.2, 0) is 4.74 Å². The van der Waals surface area contributed by atoms with Gasteiger partial charge in [0, 0.05) is 17.3 Å². The van der Waals surface area contributed by atoms with Crippen molar-refractivity contribution in [1.29, 1.82) is 0 Å². The van der Waals surface area contributed by atoms with Crippen LogP contribution in [-0.4, -0.2) is 17.6 Å². The number of fused-ring (bicyclic) bond motifs is 1. The van der Waals surface area contributed by atoms with Gasteiger partial charge >= 0.3 is 64.2 Å². The molecule has 5 nitrogen and oxygen atoms in total. The number of pyridine rings is 1. The maximum atomic E-state index is 11.6. The Balaban J connectivity index is 0.00000180. The number of hydrogen-bond acceptors (Lipinski definition) is 5. The van der Waals surface area contributed by atoms with Crippen LogP contribution in [0.25, 0.3) is 10.9 Å². The molecular formula is C12H10ClN2O3Rb. The normalized spacial score (nSPS) is 10.0. The minimum Gasteiger partial charge on any atom is -0.871 e. The largest absolute Gasteiger partial charge is 1.00 e. The fraction of sp³-hybridized carbons (Fsp3) is 0.167. The molecule has 7 heteroatoms. The zero-order valence-electron chi connectivity index (χ0n) is 10.6. The third-order valence-corrected chi connectivity index (χ3v) is 2.84. The maximum Gasteiger partial charge on any atom is 1.00 e. The molecule has 1 aromatic heterocycles. The average Bonchev–Trinajstić information content (AvgIpc) is 2.32. The molecule has 0 radical (unpaired) electrons. The van der Waals surface area contributed by atoms with Gasteiger partial charge in [0.05, 0.1) is 22.7 Å². The first kappa shape index (κ1) is 16.8. The molecule has 2 rings (SSSR count). The number of anilines is 1. The third-order valence-electron chi connectivity index (χ3n) is 2.43. The van der Waals surface area contributed by atoms with E-state index in [0.29, 0.717) is 10.9 Å². The van der Waals surface area contributed by atoms with Crippen molar-refractivity contribution in [3.8, 4) is 5.75 Å². The molecule has 0 unspecified atom stereocenters. The van der Waals surface area contributed by atoms with E-state index in [0.717, 1.165) is 0 Å². The predicted molar refractivity (Wildman–Crippen MR) is 66.6 cm³/mol. The van der Waals surface area contributed by atoms with Crippen LogP contribution in [0.1, 0.15) is 17.3 Å². The monoisotopic (exact) mass is 350 g/mol. The summed E-state index contributed by atoms with van der Waals surface area (Å²) in [5.74, 6) is -0.878. The summed E-state index contributed by atoms with van der Waals surface area (Å²) in [4.78, 5) is 15.6. The molecule has 0 aliphatic rings. The van der Waals surface area contributed by atoms with Gasteiger partial charge in [-0.2, -0.15) is 0 Å². The number of carbonyl (C=O) groups is 1. The van der Waals surface area contributed by atoms with Gasteiger partial charge in [0.25, 0.3) is 0 Å². The summed E-state index contributed by atoms with van der Waals surface area (Å²) in [6, 6.07) is 2.70. The first-order valence-electron chi connectivity index (χ1n) is 5.26.